The lowest BCUT2D eigenvalue weighted by Gasteiger charge is -2.08. The lowest BCUT2D eigenvalue weighted by molar-refractivity contribution is 0.677. The molecule has 108 valence electrons. The number of hydrogen-bond acceptors (Lipinski definition) is 2. The van der Waals surface area contributed by atoms with Gasteiger partial charge in [-0.15, -0.1) is 0 Å². The molecule has 1 heterocycles. The van der Waals surface area contributed by atoms with Gasteiger partial charge in [-0.3, -0.25) is 0 Å². The second-order valence-electron chi connectivity index (χ2n) is 5.85. The van der Waals surface area contributed by atoms with Crippen LogP contribution in [-0.2, 0) is 0 Å². The zero-order valence-corrected chi connectivity index (χ0v) is 13.1. The van der Waals surface area contributed by atoms with Crippen molar-refractivity contribution >= 4 is 11.6 Å². The molecule has 4 heteroatoms. The Morgan fingerprint density at radius 1 is 1.29 bits per heavy atom. The van der Waals surface area contributed by atoms with Crippen molar-refractivity contribution in [3.05, 3.63) is 45.7 Å². The second-order valence-corrected chi connectivity index (χ2v) is 6.20. The third kappa shape index (κ3) is 2.45. The van der Waals surface area contributed by atoms with E-state index >= 15 is 0 Å². The van der Waals surface area contributed by atoms with Crippen LogP contribution in [0.15, 0.2) is 18.2 Å². The lowest BCUT2D eigenvalue weighted by atomic mass is 10.0. The Labute approximate surface area is 130 Å². The predicted molar refractivity (Wildman–Crippen MR) is 84.0 cm³/mol. The number of aromatic nitrogens is 2. The molecule has 0 spiro atoms. The zero-order valence-electron chi connectivity index (χ0n) is 12.4. The molecule has 0 radical (unpaired) electrons. The van der Waals surface area contributed by atoms with Crippen molar-refractivity contribution in [1.29, 1.82) is 5.26 Å². The van der Waals surface area contributed by atoms with Crippen LogP contribution in [0.1, 0.15) is 54.0 Å². The summed E-state index contributed by atoms with van der Waals surface area (Å²) in [5.74, 6) is 0.379. The number of benzene rings is 1. The molecule has 0 N–H and O–H groups in total. The molecular weight excluding hydrogens is 282 g/mol. The molecule has 1 fully saturated rings. The van der Waals surface area contributed by atoms with E-state index in [9.17, 15) is 5.26 Å². The highest BCUT2D eigenvalue weighted by Crippen LogP contribution is 2.37. The maximum atomic E-state index is 9.45. The number of nitrogens with zero attached hydrogens (tertiary/aromatic N) is 3. The zero-order chi connectivity index (χ0) is 15.0. The Balaban J connectivity index is 2.13. The van der Waals surface area contributed by atoms with Crippen LogP contribution >= 0.6 is 11.6 Å². The van der Waals surface area contributed by atoms with E-state index in [0.717, 1.165) is 29.8 Å². The van der Waals surface area contributed by atoms with E-state index in [0.29, 0.717) is 16.6 Å². The van der Waals surface area contributed by atoms with Crippen LogP contribution in [0, 0.1) is 25.2 Å². The number of halogens is 1. The van der Waals surface area contributed by atoms with Gasteiger partial charge in [-0.05, 0) is 38.3 Å². The molecule has 0 bridgehead atoms. The van der Waals surface area contributed by atoms with Gasteiger partial charge in [-0.25, -0.2) is 4.68 Å². The summed E-state index contributed by atoms with van der Waals surface area (Å²) in [4.78, 5) is 0. The van der Waals surface area contributed by atoms with Gasteiger partial charge in [0.15, 0.2) is 5.15 Å². The van der Waals surface area contributed by atoms with Gasteiger partial charge in [0, 0.05) is 5.92 Å². The molecule has 0 aliphatic heterocycles. The van der Waals surface area contributed by atoms with Crippen LogP contribution in [0.4, 0.5) is 0 Å². The predicted octanol–water partition coefficient (Wildman–Crippen LogP) is 4.67. The van der Waals surface area contributed by atoms with Gasteiger partial charge in [0.05, 0.1) is 11.4 Å². The quantitative estimate of drug-likeness (QED) is 0.808. The van der Waals surface area contributed by atoms with Crippen molar-refractivity contribution in [3.63, 3.8) is 0 Å². The van der Waals surface area contributed by atoms with Gasteiger partial charge in [0.1, 0.15) is 11.6 Å². The normalized spacial score (nSPS) is 15.3. The SMILES string of the molecule is Cc1ccc(-n2nc(C3CCCC3)c(C#N)c2Cl)c(C)c1. The van der Waals surface area contributed by atoms with Gasteiger partial charge in [-0.2, -0.15) is 10.4 Å². The lowest BCUT2D eigenvalue weighted by Crippen LogP contribution is -2.01. The topological polar surface area (TPSA) is 41.6 Å². The first-order valence-electron chi connectivity index (χ1n) is 7.38. The molecule has 1 aromatic carbocycles. The average Bonchev–Trinajstić information content (AvgIpc) is 3.07. The van der Waals surface area contributed by atoms with Crippen LogP contribution in [0.2, 0.25) is 5.15 Å². The molecular formula is C17H18ClN3. The van der Waals surface area contributed by atoms with Gasteiger partial charge in [0.25, 0.3) is 0 Å². The summed E-state index contributed by atoms with van der Waals surface area (Å²) in [6, 6.07) is 8.41. The molecule has 0 saturated heterocycles. The van der Waals surface area contributed by atoms with Crippen molar-refractivity contribution in [2.45, 2.75) is 45.4 Å². The minimum absolute atomic E-state index is 0.379. The highest BCUT2D eigenvalue weighted by molar-refractivity contribution is 6.31. The van der Waals surface area contributed by atoms with Gasteiger partial charge < -0.3 is 0 Å². The number of nitriles is 1. The Morgan fingerprint density at radius 2 is 2.00 bits per heavy atom. The summed E-state index contributed by atoms with van der Waals surface area (Å²) in [7, 11) is 0. The molecule has 0 atom stereocenters. The average molecular weight is 300 g/mol. The van der Waals surface area contributed by atoms with E-state index in [1.165, 1.54) is 18.4 Å². The maximum absolute atomic E-state index is 9.45. The largest absolute Gasteiger partial charge is 0.220 e. The van der Waals surface area contributed by atoms with E-state index < -0.39 is 0 Å². The van der Waals surface area contributed by atoms with E-state index in [1.807, 2.05) is 19.1 Å². The first-order chi connectivity index (χ1) is 10.1. The third-order valence-electron chi connectivity index (χ3n) is 4.29. The van der Waals surface area contributed by atoms with Crippen LogP contribution < -0.4 is 0 Å². The molecule has 3 nitrogen and oxygen atoms in total. The fourth-order valence-electron chi connectivity index (χ4n) is 3.20. The molecule has 2 aromatic rings. The summed E-state index contributed by atoms with van der Waals surface area (Å²) in [6.45, 7) is 4.10. The summed E-state index contributed by atoms with van der Waals surface area (Å²) in [5.41, 5.74) is 4.69. The van der Waals surface area contributed by atoms with Crippen LogP contribution in [0.3, 0.4) is 0 Å². The van der Waals surface area contributed by atoms with Gasteiger partial charge in [0.2, 0.25) is 0 Å². The Morgan fingerprint density at radius 3 is 2.62 bits per heavy atom. The third-order valence-corrected chi connectivity index (χ3v) is 4.64. The number of hydrogen-bond donors (Lipinski definition) is 0. The Bertz CT molecular complexity index is 718. The van der Waals surface area contributed by atoms with E-state index in [-0.39, 0.29) is 0 Å². The monoisotopic (exact) mass is 299 g/mol. The number of aryl methyl sites for hydroxylation is 2. The van der Waals surface area contributed by atoms with Crippen molar-refractivity contribution in [2.24, 2.45) is 0 Å². The highest BCUT2D eigenvalue weighted by atomic mass is 35.5. The van der Waals surface area contributed by atoms with Crippen molar-refractivity contribution < 1.29 is 0 Å². The highest BCUT2D eigenvalue weighted by Gasteiger charge is 2.27. The minimum atomic E-state index is 0.379. The molecule has 0 amide bonds. The number of rotatable bonds is 2. The molecule has 0 unspecified atom stereocenters. The van der Waals surface area contributed by atoms with Crippen molar-refractivity contribution in [1.82, 2.24) is 9.78 Å². The molecule has 1 aromatic heterocycles. The van der Waals surface area contributed by atoms with Gasteiger partial charge >= 0.3 is 0 Å². The van der Waals surface area contributed by atoms with Crippen molar-refractivity contribution in [3.8, 4) is 11.8 Å². The Hall–Kier alpha value is -1.79. The van der Waals surface area contributed by atoms with Crippen LogP contribution in [0.5, 0.6) is 0 Å². The molecule has 21 heavy (non-hydrogen) atoms. The van der Waals surface area contributed by atoms with E-state index in [4.69, 9.17) is 11.6 Å². The molecule has 3 rings (SSSR count). The van der Waals surface area contributed by atoms with E-state index in [2.05, 4.69) is 24.2 Å². The first kappa shape index (κ1) is 14.2. The minimum Gasteiger partial charge on any atom is -0.220 e. The van der Waals surface area contributed by atoms with Crippen LogP contribution in [-0.4, -0.2) is 9.78 Å². The maximum Gasteiger partial charge on any atom is 0.150 e. The molecule has 1 aliphatic carbocycles. The fraction of sp³-hybridized carbons (Fsp3) is 0.412. The molecule has 1 saturated carbocycles. The van der Waals surface area contributed by atoms with Gasteiger partial charge in [-0.1, -0.05) is 42.1 Å². The summed E-state index contributed by atoms with van der Waals surface area (Å²) < 4.78 is 1.72. The Kier molecular flexibility index (Phi) is 3.73. The van der Waals surface area contributed by atoms with Crippen LogP contribution in [0.25, 0.3) is 5.69 Å². The first-order valence-corrected chi connectivity index (χ1v) is 7.75. The smallest absolute Gasteiger partial charge is 0.150 e. The summed E-state index contributed by atoms with van der Waals surface area (Å²) >= 11 is 6.43. The fourth-order valence-corrected chi connectivity index (χ4v) is 3.47. The molecule has 1 aliphatic rings. The summed E-state index contributed by atoms with van der Waals surface area (Å²) in [5, 5.41) is 14.6. The second kappa shape index (κ2) is 5.54. The summed E-state index contributed by atoms with van der Waals surface area (Å²) in [6.07, 6.45) is 4.64. The van der Waals surface area contributed by atoms with Crippen molar-refractivity contribution in [2.75, 3.05) is 0 Å². The van der Waals surface area contributed by atoms with E-state index in [1.54, 1.807) is 4.68 Å². The standard InChI is InChI=1S/C17H18ClN3/c1-11-7-8-15(12(2)9-11)21-17(18)14(10-19)16(20-21)13-5-3-4-6-13/h7-9,13H,3-6H2,1-2H3.